The van der Waals surface area contributed by atoms with E-state index in [9.17, 15) is 13.2 Å². The van der Waals surface area contributed by atoms with Crippen LogP contribution in [-0.4, -0.2) is 49.7 Å². The molecule has 4 N–H and O–H groups in total. The number of carbonyl (C=O) groups is 1. The van der Waals surface area contributed by atoms with E-state index in [1.54, 1.807) is 0 Å². The van der Waals surface area contributed by atoms with Crippen molar-refractivity contribution in [2.75, 3.05) is 36.0 Å². The summed E-state index contributed by atoms with van der Waals surface area (Å²) in [5.74, 6) is 2.65. The standard InChI is InChI=1S/C25H33N5O2S.C9H17NO.C2H6/c1-4-16-33(31,32)28-18-23-29-19(3)24(26-5-2)25(30-23)27-17-22(20-12-8-6-9-13-20)21-14-10-7-11-15-21;1-3-10-9(11)8-5-4-7(2)6-8;1-2/h6-15,22,26,28H,4-5,16-18H2,1-3H3,(H,27,29,30);7-8H,3-6H2,1-2H3,(H,10,11);1-2H3. The topological polar surface area (TPSA) is 125 Å². The van der Waals surface area contributed by atoms with Crippen molar-refractivity contribution in [2.45, 2.75) is 86.6 Å². The molecule has 3 aromatic rings. The second-order valence-corrected chi connectivity index (χ2v) is 13.3. The summed E-state index contributed by atoms with van der Waals surface area (Å²) in [5, 5.41) is 9.72. The zero-order chi connectivity index (χ0) is 34.0. The highest BCUT2D eigenvalue weighted by atomic mass is 32.2. The molecule has 0 bridgehead atoms. The molecule has 1 fully saturated rings. The molecule has 0 saturated heterocycles. The van der Waals surface area contributed by atoms with E-state index in [0.29, 0.717) is 30.5 Å². The maximum Gasteiger partial charge on any atom is 0.223 e. The molecule has 0 radical (unpaired) electrons. The van der Waals surface area contributed by atoms with E-state index in [1.807, 2.05) is 77.9 Å². The molecule has 0 spiro atoms. The van der Waals surface area contributed by atoms with E-state index >= 15 is 0 Å². The van der Waals surface area contributed by atoms with Gasteiger partial charge in [-0.2, -0.15) is 0 Å². The van der Waals surface area contributed by atoms with Crippen LogP contribution in [0.3, 0.4) is 0 Å². The first-order valence-electron chi connectivity index (χ1n) is 16.9. The van der Waals surface area contributed by atoms with Crippen LogP contribution in [0.25, 0.3) is 0 Å². The molecule has 1 saturated carbocycles. The Balaban J connectivity index is 0.000000475. The molecule has 1 heterocycles. The molecule has 2 unspecified atom stereocenters. The average Bonchev–Trinajstić information content (AvgIpc) is 3.50. The monoisotopic (exact) mass is 652 g/mol. The van der Waals surface area contributed by atoms with Crippen molar-refractivity contribution in [2.24, 2.45) is 11.8 Å². The third kappa shape index (κ3) is 12.7. The second-order valence-electron chi connectivity index (χ2n) is 11.4. The molecule has 0 aliphatic heterocycles. The van der Waals surface area contributed by atoms with Gasteiger partial charge in [0.2, 0.25) is 15.9 Å². The first-order chi connectivity index (χ1) is 22.2. The lowest BCUT2D eigenvalue weighted by Gasteiger charge is -2.21. The van der Waals surface area contributed by atoms with Gasteiger partial charge in [0.15, 0.2) is 5.82 Å². The lowest BCUT2D eigenvalue weighted by Crippen LogP contribution is -2.28. The highest BCUT2D eigenvalue weighted by Gasteiger charge is 2.26. The number of aromatic nitrogens is 2. The van der Waals surface area contributed by atoms with Crippen LogP contribution in [0, 0.1) is 18.8 Å². The smallest absolute Gasteiger partial charge is 0.223 e. The highest BCUT2D eigenvalue weighted by Crippen LogP contribution is 2.30. The molecule has 1 amide bonds. The average molecular weight is 653 g/mol. The highest BCUT2D eigenvalue weighted by molar-refractivity contribution is 7.89. The molecule has 1 aromatic heterocycles. The molecule has 2 aromatic carbocycles. The van der Waals surface area contributed by atoms with E-state index in [2.05, 4.69) is 61.8 Å². The lowest BCUT2D eigenvalue weighted by molar-refractivity contribution is -0.124. The number of amides is 1. The maximum atomic E-state index is 12.1. The van der Waals surface area contributed by atoms with Crippen LogP contribution in [0.4, 0.5) is 11.5 Å². The van der Waals surface area contributed by atoms with Crippen LogP contribution in [0.1, 0.15) is 95.8 Å². The Morgan fingerprint density at radius 2 is 1.50 bits per heavy atom. The summed E-state index contributed by atoms with van der Waals surface area (Å²) >= 11 is 0. The first-order valence-corrected chi connectivity index (χ1v) is 18.5. The Labute approximate surface area is 277 Å². The molecule has 1 aliphatic carbocycles. The van der Waals surface area contributed by atoms with Gasteiger partial charge in [-0.05, 0) is 63.5 Å². The molecule has 10 heteroatoms. The van der Waals surface area contributed by atoms with Crippen molar-refractivity contribution in [3.8, 4) is 0 Å². The van der Waals surface area contributed by atoms with Crippen molar-refractivity contribution in [1.82, 2.24) is 20.0 Å². The van der Waals surface area contributed by atoms with E-state index < -0.39 is 10.0 Å². The molecular formula is C36H56N6O3S. The molecular weight excluding hydrogens is 597 g/mol. The number of benzene rings is 2. The number of nitrogens with zero attached hydrogens (tertiary/aromatic N) is 2. The Kier molecular flexibility index (Phi) is 17.3. The molecule has 1 aliphatic rings. The van der Waals surface area contributed by atoms with Crippen LogP contribution < -0.4 is 20.7 Å². The summed E-state index contributed by atoms with van der Waals surface area (Å²) in [7, 11) is -3.34. The molecule has 46 heavy (non-hydrogen) atoms. The van der Waals surface area contributed by atoms with Crippen LogP contribution in [-0.2, 0) is 21.4 Å². The van der Waals surface area contributed by atoms with Gasteiger partial charge >= 0.3 is 0 Å². The second kappa shape index (κ2) is 20.6. The minimum absolute atomic E-state index is 0.0606. The van der Waals surface area contributed by atoms with Gasteiger partial charge in [0, 0.05) is 31.5 Å². The summed E-state index contributed by atoms with van der Waals surface area (Å²) in [6.07, 6.45) is 3.96. The number of aryl methyl sites for hydroxylation is 1. The predicted octanol–water partition coefficient (Wildman–Crippen LogP) is 6.88. The summed E-state index contributed by atoms with van der Waals surface area (Å²) in [5.41, 5.74) is 4.02. The van der Waals surface area contributed by atoms with E-state index in [1.165, 1.54) is 17.5 Å². The number of hydrogen-bond donors (Lipinski definition) is 4. The van der Waals surface area contributed by atoms with Crippen LogP contribution >= 0.6 is 0 Å². The minimum Gasteiger partial charge on any atom is -0.381 e. The fourth-order valence-electron chi connectivity index (χ4n) is 5.50. The van der Waals surface area contributed by atoms with Gasteiger partial charge in [0.05, 0.1) is 23.7 Å². The SMILES string of the molecule is CC.CCCS(=O)(=O)NCc1nc(C)c(NCC)c(NCC(c2ccccc2)c2ccccc2)n1.CCNC(=O)C1CCC(C)C1. The van der Waals surface area contributed by atoms with E-state index in [-0.39, 0.29) is 24.1 Å². The Hall–Kier alpha value is -3.50. The van der Waals surface area contributed by atoms with Crippen molar-refractivity contribution in [3.63, 3.8) is 0 Å². The quantitative estimate of drug-likeness (QED) is 0.150. The summed E-state index contributed by atoms with van der Waals surface area (Å²) < 4.78 is 26.8. The molecule has 4 rings (SSSR count). The number of carbonyl (C=O) groups excluding carboxylic acids is 1. The number of rotatable bonds is 14. The Morgan fingerprint density at radius 1 is 0.891 bits per heavy atom. The van der Waals surface area contributed by atoms with Gasteiger partial charge in [-0.15, -0.1) is 0 Å². The molecule has 254 valence electrons. The summed E-state index contributed by atoms with van der Waals surface area (Å²) in [6.45, 7) is 16.1. The minimum atomic E-state index is -3.34. The lowest BCUT2D eigenvalue weighted by atomic mass is 9.91. The molecule has 9 nitrogen and oxygen atoms in total. The zero-order valence-corrected chi connectivity index (χ0v) is 29.7. The fourth-order valence-corrected chi connectivity index (χ4v) is 6.53. The zero-order valence-electron chi connectivity index (χ0n) is 28.9. The van der Waals surface area contributed by atoms with Crippen LogP contribution in [0.2, 0.25) is 0 Å². The summed E-state index contributed by atoms with van der Waals surface area (Å²) in [4.78, 5) is 20.5. The van der Waals surface area contributed by atoms with Crippen molar-refractivity contribution in [3.05, 3.63) is 83.3 Å². The van der Waals surface area contributed by atoms with Gasteiger partial charge in [0.1, 0.15) is 5.82 Å². The van der Waals surface area contributed by atoms with Crippen molar-refractivity contribution >= 4 is 27.4 Å². The third-order valence-electron chi connectivity index (χ3n) is 7.71. The fraction of sp³-hybridized carbons (Fsp3) is 0.528. The number of sulfonamides is 1. The Morgan fingerprint density at radius 3 is 2.00 bits per heavy atom. The largest absolute Gasteiger partial charge is 0.381 e. The van der Waals surface area contributed by atoms with E-state index in [4.69, 9.17) is 0 Å². The number of nitrogens with one attached hydrogen (secondary N) is 4. The van der Waals surface area contributed by atoms with Crippen molar-refractivity contribution in [1.29, 1.82) is 0 Å². The number of anilines is 2. The number of hydrogen-bond acceptors (Lipinski definition) is 7. The van der Waals surface area contributed by atoms with E-state index in [0.717, 1.165) is 43.2 Å². The van der Waals surface area contributed by atoms with Gasteiger partial charge < -0.3 is 16.0 Å². The van der Waals surface area contributed by atoms with Gasteiger partial charge in [-0.3, -0.25) is 4.79 Å². The summed E-state index contributed by atoms with van der Waals surface area (Å²) in [6, 6.07) is 20.7. The maximum absolute atomic E-state index is 12.1. The molecule has 2 atom stereocenters. The van der Waals surface area contributed by atoms with Gasteiger partial charge in [-0.1, -0.05) is 88.4 Å². The predicted molar refractivity (Wildman–Crippen MR) is 192 cm³/mol. The first kappa shape index (κ1) is 38.7. The van der Waals surface area contributed by atoms with Crippen LogP contribution in [0.15, 0.2) is 60.7 Å². The van der Waals surface area contributed by atoms with Crippen LogP contribution in [0.5, 0.6) is 0 Å². The Bertz CT molecular complexity index is 1360. The third-order valence-corrected chi connectivity index (χ3v) is 9.24. The normalized spacial score (nSPS) is 15.7. The van der Waals surface area contributed by atoms with Gasteiger partial charge in [-0.25, -0.2) is 23.1 Å². The van der Waals surface area contributed by atoms with Gasteiger partial charge in [0.25, 0.3) is 0 Å². The van der Waals surface area contributed by atoms with Crippen molar-refractivity contribution < 1.29 is 13.2 Å².